The molecule has 2 aliphatic heterocycles. The lowest BCUT2D eigenvalue weighted by Crippen LogP contribution is -2.49. The highest BCUT2D eigenvalue weighted by atomic mass is 16.5. The molecular formula is C16H24N2O3. The van der Waals surface area contributed by atoms with Crippen LogP contribution in [0.3, 0.4) is 0 Å². The van der Waals surface area contributed by atoms with Crippen molar-refractivity contribution in [3.8, 4) is 0 Å². The molecule has 3 heterocycles. The molecule has 2 saturated heterocycles. The van der Waals surface area contributed by atoms with Crippen LogP contribution in [0.1, 0.15) is 18.6 Å². The molecule has 2 fully saturated rings. The second-order valence-corrected chi connectivity index (χ2v) is 6.16. The van der Waals surface area contributed by atoms with Crippen LogP contribution in [0.2, 0.25) is 0 Å². The minimum absolute atomic E-state index is 0.139. The molecule has 0 aliphatic carbocycles. The number of furan rings is 1. The highest BCUT2D eigenvalue weighted by Gasteiger charge is 2.39. The van der Waals surface area contributed by atoms with E-state index in [0.29, 0.717) is 11.8 Å². The Kier molecular flexibility index (Phi) is 4.60. The van der Waals surface area contributed by atoms with Gasteiger partial charge in [-0.15, -0.1) is 0 Å². The normalized spacial score (nSPS) is 30.5. The van der Waals surface area contributed by atoms with E-state index >= 15 is 0 Å². The number of likely N-dealkylation sites (tertiary alicyclic amines) is 1. The third-order valence-corrected chi connectivity index (χ3v) is 4.87. The minimum Gasteiger partial charge on any atom is -0.468 e. The van der Waals surface area contributed by atoms with E-state index in [1.165, 1.54) is 0 Å². The van der Waals surface area contributed by atoms with Crippen LogP contribution in [-0.4, -0.2) is 44.2 Å². The number of hydrogen-bond acceptors (Lipinski definition) is 4. The van der Waals surface area contributed by atoms with E-state index in [2.05, 4.69) is 10.2 Å². The molecule has 3 atom stereocenters. The number of rotatable bonds is 4. The Hall–Kier alpha value is -1.33. The van der Waals surface area contributed by atoms with Gasteiger partial charge in [0, 0.05) is 25.5 Å². The summed E-state index contributed by atoms with van der Waals surface area (Å²) in [6, 6.07) is 3.94. The number of nitrogens with zero attached hydrogens (tertiary/aromatic N) is 1. The Bertz CT molecular complexity index is 460. The van der Waals surface area contributed by atoms with Crippen LogP contribution in [0.5, 0.6) is 0 Å². The molecule has 1 aromatic rings. The largest absolute Gasteiger partial charge is 0.468 e. The number of piperidine rings is 1. The molecule has 116 valence electrons. The zero-order valence-electron chi connectivity index (χ0n) is 12.6. The molecule has 5 nitrogen and oxygen atoms in total. The highest BCUT2D eigenvalue weighted by Crippen LogP contribution is 2.34. The van der Waals surface area contributed by atoms with Gasteiger partial charge in [0.2, 0.25) is 5.91 Å². The number of carbonyl (C=O) groups is 1. The topological polar surface area (TPSA) is 54.7 Å². The maximum Gasteiger partial charge on any atom is 0.223 e. The summed E-state index contributed by atoms with van der Waals surface area (Å²) in [5.74, 6) is 2.26. The first-order chi connectivity index (χ1) is 10.3. The smallest absolute Gasteiger partial charge is 0.223 e. The average Bonchev–Trinajstić information content (AvgIpc) is 2.89. The predicted octanol–water partition coefficient (Wildman–Crippen LogP) is 1.50. The van der Waals surface area contributed by atoms with Crippen molar-refractivity contribution in [2.24, 2.45) is 17.8 Å². The lowest BCUT2D eigenvalue weighted by atomic mass is 9.75. The summed E-state index contributed by atoms with van der Waals surface area (Å²) < 4.78 is 10.8. The van der Waals surface area contributed by atoms with Crippen molar-refractivity contribution in [2.45, 2.75) is 19.4 Å². The van der Waals surface area contributed by atoms with Gasteiger partial charge in [0.15, 0.2) is 0 Å². The Labute approximate surface area is 125 Å². The summed E-state index contributed by atoms with van der Waals surface area (Å²) in [6.45, 7) is 4.30. The lowest BCUT2D eigenvalue weighted by Gasteiger charge is -2.36. The summed E-state index contributed by atoms with van der Waals surface area (Å²) in [6.07, 6.45) is 3.71. The first-order valence-corrected chi connectivity index (χ1v) is 7.79. The fourth-order valence-corrected chi connectivity index (χ4v) is 3.76. The third-order valence-electron chi connectivity index (χ3n) is 4.87. The van der Waals surface area contributed by atoms with Gasteiger partial charge in [-0.05, 0) is 44.0 Å². The Balaban J connectivity index is 1.65. The van der Waals surface area contributed by atoms with E-state index in [1.807, 2.05) is 12.1 Å². The van der Waals surface area contributed by atoms with Crippen LogP contribution in [0.15, 0.2) is 22.8 Å². The molecule has 0 saturated carbocycles. The maximum absolute atomic E-state index is 12.2. The van der Waals surface area contributed by atoms with Crippen molar-refractivity contribution in [3.05, 3.63) is 24.2 Å². The predicted molar refractivity (Wildman–Crippen MR) is 78.6 cm³/mol. The van der Waals surface area contributed by atoms with Crippen molar-refractivity contribution in [1.82, 2.24) is 10.2 Å². The first-order valence-electron chi connectivity index (χ1n) is 7.79. The second kappa shape index (κ2) is 6.62. The maximum atomic E-state index is 12.2. The van der Waals surface area contributed by atoms with Gasteiger partial charge in [-0.25, -0.2) is 0 Å². The number of nitrogens with one attached hydrogen (secondary N) is 1. The first kappa shape index (κ1) is 14.6. The van der Waals surface area contributed by atoms with Crippen LogP contribution in [0.25, 0.3) is 0 Å². The molecule has 1 aromatic heterocycles. The molecule has 0 unspecified atom stereocenters. The highest BCUT2D eigenvalue weighted by molar-refractivity contribution is 5.79. The molecule has 5 heteroatoms. The number of amides is 1. The summed E-state index contributed by atoms with van der Waals surface area (Å²) in [5.41, 5.74) is 0. The molecule has 3 rings (SSSR count). The van der Waals surface area contributed by atoms with Crippen molar-refractivity contribution in [3.63, 3.8) is 0 Å². The zero-order valence-corrected chi connectivity index (χ0v) is 12.6. The van der Waals surface area contributed by atoms with E-state index in [-0.39, 0.29) is 11.8 Å². The number of hydrogen-bond donors (Lipinski definition) is 1. The zero-order chi connectivity index (χ0) is 14.7. The van der Waals surface area contributed by atoms with E-state index in [9.17, 15) is 4.79 Å². The molecule has 0 aromatic carbocycles. The van der Waals surface area contributed by atoms with Gasteiger partial charge in [0.1, 0.15) is 5.76 Å². The molecule has 21 heavy (non-hydrogen) atoms. The fourth-order valence-electron chi connectivity index (χ4n) is 3.76. The van der Waals surface area contributed by atoms with Gasteiger partial charge in [-0.2, -0.15) is 0 Å². The van der Waals surface area contributed by atoms with Crippen molar-refractivity contribution >= 4 is 5.91 Å². The third kappa shape index (κ3) is 3.30. The van der Waals surface area contributed by atoms with Gasteiger partial charge >= 0.3 is 0 Å². The number of carbonyl (C=O) groups excluding carboxylic acids is 1. The van der Waals surface area contributed by atoms with Crippen LogP contribution in [0, 0.1) is 17.8 Å². The van der Waals surface area contributed by atoms with Gasteiger partial charge in [0.25, 0.3) is 0 Å². The monoisotopic (exact) mass is 292 g/mol. The Morgan fingerprint density at radius 2 is 2.29 bits per heavy atom. The SMILES string of the molecule is COC[C@H]1CNC(=O)[C@@H]2CCN(Cc3ccco3)CC[C@H]12. The van der Waals surface area contributed by atoms with E-state index in [1.54, 1.807) is 13.4 Å². The fraction of sp³-hybridized carbons (Fsp3) is 0.688. The number of methoxy groups -OCH3 is 1. The van der Waals surface area contributed by atoms with Crippen LogP contribution in [0.4, 0.5) is 0 Å². The van der Waals surface area contributed by atoms with Gasteiger partial charge in [-0.1, -0.05) is 0 Å². The van der Waals surface area contributed by atoms with E-state index in [0.717, 1.165) is 51.4 Å². The molecule has 0 spiro atoms. The molecule has 1 amide bonds. The molecule has 0 bridgehead atoms. The Morgan fingerprint density at radius 3 is 3.05 bits per heavy atom. The van der Waals surface area contributed by atoms with Crippen molar-refractivity contribution in [2.75, 3.05) is 33.4 Å². The summed E-state index contributed by atoms with van der Waals surface area (Å²) in [4.78, 5) is 14.6. The molecule has 1 N–H and O–H groups in total. The second-order valence-electron chi connectivity index (χ2n) is 6.16. The van der Waals surface area contributed by atoms with Gasteiger partial charge in [0.05, 0.1) is 19.4 Å². The molecule has 2 aliphatic rings. The number of fused-ring (bicyclic) bond motifs is 1. The van der Waals surface area contributed by atoms with E-state index < -0.39 is 0 Å². The summed E-state index contributed by atoms with van der Waals surface area (Å²) >= 11 is 0. The summed E-state index contributed by atoms with van der Waals surface area (Å²) in [5, 5.41) is 3.05. The van der Waals surface area contributed by atoms with Crippen LogP contribution >= 0.6 is 0 Å². The Morgan fingerprint density at radius 1 is 1.43 bits per heavy atom. The van der Waals surface area contributed by atoms with Gasteiger partial charge in [-0.3, -0.25) is 9.69 Å². The molecule has 0 radical (unpaired) electrons. The van der Waals surface area contributed by atoms with E-state index in [4.69, 9.17) is 9.15 Å². The van der Waals surface area contributed by atoms with Gasteiger partial charge < -0.3 is 14.5 Å². The standard InChI is InChI=1S/C16H24N2O3/c1-20-11-12-9-17-16(19)15-5-7-18(6-4-14(12)15)10-13-3-2-8-21-13/h2-3,8,12,14-15H,4-7,9-11H2,1H3,(H,17,19)/t12-,14-,15-/m1/s1. The van der Waals surface area contributed by atoms with Crippen molar-refractivity contribution < 1.29 is 13.9 Å². The molecular weight excluding hydrogens is 268 g/mol. The quantitative estimate of drug-likeness (QED) is 0.914. The van der Waals surface area contributed by atoms with Crippen molar-refractivity contribution in [1.29, 1.82) is 0 Å². The average molecular weight is 292 g/mol. The van der Waals surface area contributed by atoms with Crippen LogP contribution in [-0.2, 0) is 16.1 Å². The number of ether oxygens (including phenoxy) is 1. The summed E-state index contributed by atoms with van der Waals surface area (Å²) in [7, 11) is 1.74. The van der Waals surface area contributed by atoms with Crippen LogP contribution < -0.4 is 5.32 Å². The lowest BCUT2D eigenvalue weighted by molar-refractivity contribution is -0.131. The minimum atomic E-state index is 0.139.